The number of rotatable bonds is 2. The summed E-state index contributed by atoms with van der Waals surface area (Å²) < 4.78 is 6.03. The van der Waals surface area contributed by atoms with Gasteiger partial charge < -0.3 is 15.6 Å². The normalized spacial score (nSPS) is 39.4. The molecule has 3 N–H and O–H groups in total. The Morgan fingerprint density at radius 3 is 2.00 bits per heavy atom. The van der Waals surface area contributed by atoms with E-state index in [2.05, 4.69) is 13.8 Å². The summed E-state index contributed by atoms with van der Waals surface area (Å²) in [5.74, 6) is 0. The van der Waals surface area contributed by atoms with E-state index >= 15 is 0 Å². The van der Waals surface area contributed by atoms with Gasteiger partial charge in [-0.3, -0.25) is 0 Å². The van der Waals surface area contributed by atoms with Crippen LogP contribution in [0.25, 0.3) is 0 Å². The minimum Gasteiger partial charge on any atom is -0.386 e. The Hall–Kier alpha value is -0.120. The fourth-order valence-electron chi connectivity index (χ4n) is 3.86. The first-order chi connectivity index (χ1) is 7.18. The van der Waals surface area contributed by atoms with Crippen LogP contribution in [0.3, 0.4) is 0 Å². The molecule has 1 atom stereocenters. The van der Waals surface area contributed by atoms with Gasteiger partial charge in [-0.2, -0.15) is 0 Å². The lowest BCUT2D eigenvalue weighted by molar-refractivity contribution is -0.198. The van der Waals surface area contributed by atoms with E-state index in [0.717, 1.165) is 12.8 Å². The van der Waals surface area contributed by atoms with Gasteiger partial charge in [0.15, 0.2) is 0 Å². The highest BCUT2D eigenvalue weighted by Crippen LogP contribution is 2.60. The van der Waals surface area contributed by atoms with E-state index in [1.807, 2.05) is 13.8 Å². The number of hydrogen-bond donors (Lipinski definition) is 2. The van der Waals surface area contributed by atoms with E-state index < -0.39 is 11.2 Å². The maximum absolute atomic E-state index is 11.1. The Morgan fingerprint density at radius 2 is 1.75 bits per heavy atom. The second-order valence-electron chi connectivity index (χ2n) is 6.75. The van der Waals surface area contributed by atoms with Gasteiger partial charge in [-0.15, -0.1) is 0 Å². The van der Waals surface area contributed by atoms with Crippen LogP contribution in [0, 0.1) is 5.41 Å². The number of aliphatic hydroxyl groups is 1. The molecule has 2 rings (SSSR count). The van der Waals surface area contributed by atoms with Crippen molar-refractivity contribution in [2.24, 2.45) is 11.1 Å². The Balaban J connectivity index is 2.37. The van der Waals surface area contributed by atoms with Crippen LogP contribution in [0.2, 0.25) is 0 Å². The minimum absolute atomic E-state index is 0.121. The third-order valence-electron chi connectivity index (χ3n) is 4.79. The zero-order chi connectivity index (χ0) is 12.2. The quantitative estimate of drug-likeness (QED) is 0.756. The number of ether oxygens (including phenoxy) is 1. The van der Waals surface area contributed by atoms with E-state index in [9.17, 15) is 5.11 Å². The van der Waals surface area contributed by atoms with Crippen molar-refractivity contribution in [1.29, 1.82) is 0 Å². The lowest BCUT2D eigenvalue weighted by atomic mass is 9.53. The summed E-state index contributed by atoms with van der Waals surface area (Å²) in [6.07, 6.45) is 3.92. The summed E-state index contributed by atoms with van der Waals surface area (Å²) in [5, 5.41) is 11.1. The van der Waals surface area contributed by atoms with Gasteiger partial charge in [0.05, 0.1) is 11.2 Å². The van der Waals surface area contributed by atoms with Gasteiger partial charge in [0, 0.05) is 18.4 Å². The van der Waals surface area contributed by atoms with Gasteiger partial charge in [-0.1, -0.05) is 6.42 Å². The molecule has 94 valence electrons. The van der Waals surface area contributed by atoms with E-state index in [1.165, 1.54) is 6.42 Å². The predicted octanol–water partition coefficient (Wildman–Crippen LogP) is 1.82. The molecule has 0 amide bonds. The Labute approximate surface area is 98.4 Å². The fourth-order valence-corrected chi connectivity index (χ4v) is 3.86. The Bertz CT molecular complexity index is 289. The first-order valence-electron chi connectivity index (χ1n) is 6.31. The first-order valence-corrected chi connectivity index (χ1v) is 6.31. The second kappa shape index (κ2) is 3.21. The molecule has 1 heterocycles. The van der Waals surface area contributed by atoms with Crippen LogP contribution in [0.5, 0.6) is 0 Å². The topological polar surface area (TPSA) is 55.5 Å². The van der Waals surface area contributed by atoms with Gasteiger partial charge in [-0.05, 0) is 40.5 Å². The van der Waals surface area contributed by atoms with Crippen molar-refractivity contribution >= 4 is 0 Å². The summed E-state index contributed by atoms with van der Waals surface area (Å²) in [5.41, 5.74) is 4.27. The molecular weight excluding hydrogens is 202 g/mol. The van der Waals surface area contributed by atoms with Crippen LogP contribution >= 0.6 is 0 Å². The minimum atomic E-state index is -0.781. The monoisotopic (exact) mass is 227 g/mol. The lowest BCUT2D eigenvalue weighted by Crippen LogP contribution is -2.64. The molecule has 1 aliphatic carbocycles. The third kappa shape index (κ3) is 1.38. The second-order valence-corrected chi connectivity index (χ2v) is 6.75. The van der Waals surface area contributed by atoms with Gasteiger partial charge >= 0.3 is 0 Å². The van der Waals surface area contributed by atoms with Crippen LogP contribution in [0.15, 0.2) is 0 Å². The SMILES string of the molecule is CC1(C)CC(O)(C2(CN)CCC2)C(C)(C)O1. The molecule has 1 saturated heterocycles. The van der Waals surface area contributed by atoms with Crippen LogP contribution in [0.1, 0.15) is 53.4 Å². The average molecular weight is 227 g/mol. The molecule has 3 heteroatoms. The summed E-state index contributed by atoms with van der Waals surface area (Å²) in [6.45, 7) is 8.66. The van der Waals surface area contributed by atoms with Crippen molar-refractivity contribution in [3.8, 4) is 0 Å². The van der Waals surface area contributed by atoms with E-state index in [1.54, 1.807) is 0 Å². The molecule has 2 aliphatic rings. The predicted molar refractivity (Wildman–Crippen MR) is 64.1 cm³/mol. The standard InChI is InChI=1S/C13H25NO2/c1-10(2)8-13(15,11(3,4)16-10)12(9-14)6-5-7-12/h15H,5-9,14H2,1-4H3. The third-order valence-corrected chi connectivity index (χ3v) is 4.79. The molecule has 3 nitrogen and oxygen atoms in total. The highest BCUT2D eigenvalue weighted by molar-refractivity contribution is 5.17. The van der Waals surface area contributed by atoms with Crippen LogP contribution < -0.4 is 5.73 Å². The highest BCUT2D eigenvalue weighted by atomic mass is 16.5. The lowest BCUT2D eigenvalue weighted by Gasteiger charge is -2.55. The number of nitrogens with two attached hydrogens (primary N) is 1. The molecule has 0 bridgehead atoms. The van der Waals surface area contributed by atoms with Crippen LogP contribution in [-0.2, 0) is 4.74 Å². The molecule has 0 spiro atoms. The highest BCUT2D eigenvalue weighted by Gasteiger charge is 2.67. The van der Waals surface area contributed by atoms with Crippen molar-refractivity contribution in [2.45, 2.75) is 70.2 Å². The maximum atomic E-state index is 11.1. The smallest absolute Gasteiger partial charge is 0.103 e. The Kier molecular flexibility index (Phi) is 2.48. The fraction of sp³-hybridized carbons (Fsp3) is 1.00. The molecule has 1 unspecified atom stereocenters. The molecule has 16 heavy (non-hydrogen) atoms. The molecule has 0 aromatic carbocycles. The van der Waals surface area contributed by atoms with Crippen LogP contribution in [0.4, 0.5) is 0 Å². The van der Waals surface area contributed by atoms with E-state index in [4.69, 9.17) is 10.5 Å². The molecule has 2 fully saturated rings. The molecular formula is C13H25NO2. The van der Waals surface area contributed by atoms with Crippen molar-refractivity contribution in [2.75, 3.05) is 6.54 Å². The van der Waals surface area contributed by atoms with Gasteiger partial charge in [0.25, 0.3) is 0 Å². The molecule has 1 aliphatic heterocycles. The van der Waals surface area contributed by atoms with Gasteiger partial charge in [0.1, 0.15) is 5.60 Å². The molecule has 0 aromatic rings. The van der Waals surface area contributed by atoms with E-state index in [0.29, 0.717) is 13.0 Å². The summed E-state index contributed by atoms with van der Waals surface area (Å²) in [7, 11) is 0. The number of hydrogen-bond acceptors (Lipinski definition) is 3. The Morgan fingerprint density at radius 1 is 1.19 bits per heavy atom. The summed E-state index contributed by atoms with van der Waals surface area (Å²) >= 11 is 0. The van der Waals surface area contributed by atoms with Crippen molar-refractivity contribution < 1.29 is 9.84 Å². The zero-order valence-corrected chi connectivity index (χ0v) is 11.0. The van der Waals surface area contributed by atoms with Gasteiger partial charge in [0.2, 0.25) is 0 Å². The van der Waals surface area contributed by atoms with Crippen LogP contribution in [-0.4, -0.2) is 28.5 Å². The molecule has 0 aromatic heterocycles. The molecule has 1 saturated carbocycles. The first kappa shape index (κ1) is 12.3. The largest absolute Gasteiger partial charge is 0.386 e. The van der Waals surface area contributed by atoms with E-state index in [-0.39, 0.29) is 11.0 Å². The van der Waals surface area contributed by atoms with Crippen molar-refractivity contribution in [1.82, 2.24) is 0 Å². The average Bonchev–Trinajstić information content (AvgIpc) is 2.14. The summed E-state index contributed by atoms with van der Waals surface area (Å²) in [4.78, 5) is 0. The molecule has 0 radical (unpaired) electrons. The maximum Gasteiger partial charge on any atom is 0.103 e. The van der Waals surface area contributed by atoms with Crippen molar-refractivity contribution in [3.63, 3.8) is 0 Å². The van der Waals surface area contributed by atoms with Crippen molar-refractivity contribution in [3.05, 3.63) is 0 Å². The summed E-state index contributed by atoms with van der Waals surface area (Å²) in [6, 6.07) is 0. The van der Waals surface area contributed by atoms with Gasteiger partial charge in [-0.25, -0.2) is 0 Å². The zero-order valence-electron chi connectivity index (χ0n) is 11.0.